The number of unbranched alkanes of at least 4 members (excludes halogenated alkanes) is 12. The molecule has 3 fully saturated rings. The number of amides is 5. The minimum atomic E-state index is -0.864. The molecule has 16 nitrogen and oxygen atoms in total. The Morgan fingerprint density at radius 1 is 0.438 bits per heavy atom. The lowest BCUT2D eigenvalue weighted by molar-refractivity contribution is -0.148. The van der Waals surface area contributed by atoms with Gasteiger partial charge in [-0.15, -0.1) is 0 Å². The molecule has 0 radical (unpaired) electrons. The van der Waals surface area contributed by atoms with Crippen molar-refractivity contribution < 1.29 is 33.9 Å². The summed E-state index contributed by atoms with van der Waals surface area (Å²) in [5.41, 5.74) is 21.3. The Balaban J connectivity index is 0.000000875. The lowest BCUT2D eigenvalue weighted by Crippen LogP contribution is -2.46. The molecule has 0 aromatic rings. The Morgan fingerprint density at radius 3 is 1.08 bits per heavy atom. The van der Waals surface area contributed by atoms with E-state index in [0.717, 1.165) is 129 Å². The Labute approximate surface area is 387 Å². The molecule has 16 heteroatoms. The van der Waals surface area contributed by atoms with Gasteiger partial charge in [0.1, 0.15) is 18.1 Å². The van der Waals surface area contributed by atoms with Crippen molar-refractivity contribution in [2.75, 3.05) is 58.9 Å². The molecular weight excluding hydrogens is 815 g/mol. The van der Waals surface area contributed by atoms with E-state index in [1.165, 1.54) is 49.8 Å². The Hall–Kier alpha value is -3.34. The average Bonchev–Trinajstić information content (AvgIpc) is 4.10. The van der Waals surface area contributed by atoms with Crippen molar-refractivity contribution in [3.63, 3.8) is 0 Å². The molecule has 3 heterocycles. The van der Waals surface area contributed by atoms with Gasteiger partial charge in [-0.3, -0.25) is 24.0 Å². The van der Waals surface area contributed by atoms with Gasteiger partial charge in [0.15, 0.2) is 0 Å². The molecule has 3 atom stereocenters. The Morgan fingerprint density at radius 2 is 0.734 bits per heavy atom. The van der Waals surface area contributed by atoms with E-state index >= 15 is 0 Å². The van der Waals surface area contributed by atoms with Crippen LogP contribution in [0.1, 0.15) is 194 Å². The Bertz CT molecular complexity index is 1180. The summed E-state index contributed by atoms with van der Waals surface area (Å²) < 4.78 is 0. The largest absolute Gasteiger partial charge is 0.480 e. The zero-order valence-electron chi connectivity index (χ0n) is 40.7. The first kappa shape index (κ1) is 60.7. The number of hydrogen-bond donors (Lipinski definition) is 7. The molecule has 0 aromatic heterocycles. The highest BCUT2D eigenvalue weighted by Crippen LogP contribution is 2.22. The number of carboxylic acid groups (broad SMARTS) is 1. The monoisotopic (exact) mass is 910 g/mol. The zero-order valence-corrected chi connectivity index (χ0v) is 40.7. The lowest BCUT2D eigenvalue weighted by atomic mass is 10.1. The van der Waals surface area contributed by atoms with Crippen LogP contribution in [0.3, 0.4) is 0 Å². The van der Waals surface area contributed by atoms with E-state index in [9.17, 15) is 28.8 Å². The number of nitrogens with one attached hydrogen (secondary N) is 2. The first-order valence-corrected chi connectivity index (χ1v) is 25.5. The summed E-state index contributed by atoms with van der Waals surface area (Å²) in [6.45, 7) is 12.5. The van der Waals surface area contributed by atoms with Crippen LogP contribution in [0, 0.1) is 0 Å². The van der Waals surface area contributed by atoms with Crippen LogP contribution in [0.25, 0.3) is 0 Å². The number of carboxylic acids is 1. The average molecular weight is 910 g/mol. The highest BCUT2D eigenvalue weighted by molar-refractivity contribution is 5.89. The highest BCUT2D eigenvalue weighted by atomic mass is 16.4. The first-order valence-electron chi connectivity index (χ1n) is 25.5. The maximum absolute atomic E-state index is 12.2. The fourth-order valence-electron chi connectivity index (χ4n) is 8.04. The van der Waals surface area contributed by atoms with E-state index in [1.54, 1.807) is 9.80 Å². The van der Waals surface area contributed by atoms with Crippen LogP contribution in [-0.4, -0.2) is 132 Å². The van der Waals surface area contributed by atoms with E-state index in [2.05, 4.69) is 31.4 Å². The van der Waals surface area contributed by atoms with Gasteiger partial charge >= 0.3 is 5.97 Å². The van der Waals surface area contributed by atoms with Crippen molar-refractivity contribution in [2.45, 2.75) is 212 Å². The molecule has 3 rings (SSSR count). The second kappa shape index (κ2) is 41.1. The predicted molar refractivity (Wildman–Crippen MR) is 258 cm³/mol. The van der Waals surface area contributed by atoms with Gasteiger partial charge < -0.3 is 53.4 Å². The lowest BCUT2D eigenvalue weighted by Gasteiger charge is -2.24. The predicted octanol–water partition coefficient (Wildman–Crippen LogP) is 5.32. The maximum atomic E-state index is 12.2. The fourth-order valence-corrected chi connectivity index (χ4v) is 8.04. The summed E-state index contributed by atoms with van der Waals surface area (Å²) in [6, 6.07) is -1.09. The molecule has 0 saturated carbocycles. The minimum absolute atomic E-state index is 0.00773. The van der Waals surface area contributed by atoms with Crippen molar-refractivity contribution in [3.8, 4) is 0 Å². The van der Waals surface area contributed by atoms with Crippen molar-refractivity contribution in [1.82, 2.24) is 25.3 Å². The van der Waals surface area contributed by atoms with Crippen molar-refractivity contribution in [3.05, 3.63) is 0 Å². The zero-order chi connectivity index (χ0) is 47.8. The molecule has 64 heavy (non-hydrogen) atoms. The van der Waals surface area contributed by atoms with Gasteiger partial charge in [0.05, 0.1) is 0 Å². The normalized spacial score (nSPS) is 17.7. The highest BCUT2D eigenvalue weighted by Gasteiger charge is 2.35. The standard InChI is InChI=1S/2C16H31N3O2.C11H19NO3.C5H14N2/c2*1-2-3-4-5-6-10-15(20)19-13-7-9-14(19)16(21)18-12-8-11-17;1-2-3-4-7-10(13)12-8-5-6-9(12)11(14)15;6-4-2-1-3-5-7/h2*14H,2-13,17H2,1H3,(H,18,21);9H,2-8H2,1H3,(H,14,15);1-7H2/t2*14-;9-;/m101./s1. The molecule has 0 bridgehead atoms. The SMILES string of the molecule is CCCCCC(=O)N1CCC[C@@H]1C(=O)O.CCCCCCCC(=O)N1CCC[C@@H]1C(=O)NCCCN.CCCCCCCC(=O)N1CCC[C@H]1C(=O)NCCCN.NCCCCCN. The number of nitrogens with two attached hydrogens (primary N) is 4. The molecule has 11 N–H and O–H groups in total. The van der Waals surface area contributed by atoms with Crippen LogP contribution in [0.15, 0.2) is 0 Å². The van der Waals surface area contributed by atoms with Crippen LogP contribution in [-0.2, 0) is 28.8 Å². The van der Waals surface area contributed by atoms with Crippen LogP contribution >= 0.6 is 0 Å². The smallest absolute Gasteiger partial charge is 0.326 e. The summed E-state index contributed by atoms with van der Waals surface area (Å²) in [7, 11) is 0. The van der Waals surface area contributed by atoms with Gasteiger partial charge in [-0.2, -0.15) is 0 Å². The summed E-state index contributed by atoms with van der Waals surface area (Å²) in [5.74, 6) is -0.601. The van der Waals surface area contributed by atoms with Gasteiger partial charge in [-0.05, 0) is 110 Å². The van der Waals surface area contributed by atoms with Crippen LogP contribution in [0.5, 0.6) is 0 Å². The number of likely N-dealkylation sites (tertiary alicyclic amines) is 3. The molecule has 0 aliphatic carbocycles. The number of aliphatic carboxylic acids is 1. The molecule has 3 aliphatic heterocycles. The molecule has 5 amide bonds. The summed E-state index contributed by atoms with van der Waals surface area (Å²) in [4.78, 5) is 76.3. The van der Waals surface area contributed by atoms with Gasteiger partial charge in [-0.25, -0.2) is 4.79 Å². The second-order valence-corrected chi connectivity index (χ2v) is 17.4. The van der Waals surface area contributed by atoms with Gasteiger partial charge in [-0.1, -0.05) is 91.4 Å². The van der Waals surface area contributed by atoms with Crippen LogP contribution in [0.4, 0.5) is 0 Å². The van der Waals surface area contributed by atoms with Crippen LogP contribution in [0.2, 0.25) is 0 Å². The van der Waals surface area contributed by atoms with Crippen molar-refractivity contribution in [1.29, 1.82) is 0 Å². The molecule has 3 saturated heterocycles. The molecule has 374 valence electrons. The van der Waals surface area contributed by atoms with Gasteiger partial charge in [0.2, 0.25) is 29.5 Å². The third kappa shape index (κ3) is 27.9. The van der Waals surface area contributed by atoms with Gasteiger partial charge in [0.25, 0.3) is 0 Å². The minimum Gasteiger partial charge on any atom is -0.480 e. The number of nitrogens with zero attached hydrogens (tertiary/aromatic N) is 3. The van der Waals surface area contributed by atoms with Crippen molar-refractivity contribution >= 4 is 35.5 Å². The van der Waals surface area contributed by atoms with Gasteiger partial charge in [0, 0.05) is 52.0 Å². The third-order valence-corrected chi connectivity index (χ3v) is 11.9. The second-order valence-electron chi connectivity index (χ2n) is 17.4. The molecule has 0 spiro atoms. The number of carbonyl (C=O) groups is 6. The van der Waals surface area contributed by atoms with E-state index in [1.807, 2.05) is 0 Å². The number of carbonyl (C=O) groups excluding carboxylic acids is 5. The number of hydrogen-bond acceptors (Lipinski definition) is 10. The molecular formula is C48H95N9O7. The van der Waals surface area contributed by atoms with E-state index < -0.39 is 12.0 Å². The Kier molecular flexibility index (Phi) is 39.0. The summed E-state index contributed by atoms with van der Waals surface area (Å²) in [6.07, 6.45) is 25.9. The van der Waals surface area contributed by atoms with Crippen LogP contribution < -0.4 is 33.6 Å². The van der Waals surface area contributed by atoms with E-state index in [0.29, 0.717) is 58.4 Å². The van der Waals surface area contributed by atoms with Crippen molar-refractivity contribution in [2.24, 2.45) is 22.9 Å². The maximum Gasteiger partial charge on any atom is 0.326 e. The molecule has 0 unspecified atom stereocenters. The van der Waals surface area contributed by atoms with E-state index in [4.69, 9.17) is 28.0 Å². The summed E-state index contributed by atoms with van der Waals surface area (Å²) in [5, 5.41) is 14.7. The molecule has 0 aromatic carbocycles. The third-order valence-electron chi connectivity index (χ3n) is 11.9. The fraction of sp³-hybridized carbons (Fsp3) is 0.875. The topological polar surface area (TPSA) is 261 Å². The summed E-state index contributed by atoms with van der Waals surface area (Å²) >= 11 is 0. The number of rotatable bonds is 29. The molecule has 3 aliphatic rings. The quantitative estimate of drug-likeness (QED) is 0.0473. The van der Waals surface area contributed by atoms with E-state index in [-0.39, 0.29) is 41.6 Å². The first-order chi connectivity index (χ1) is 31.0.